The van der Waals surface area contributed by atoms with Crippen molar-refractivity contribution in [2.45, 2.75) is 25.9 Å². The van der Waals surface area contributed by atoms with Crippen LogP contribution >= 0.6 is 0 Å². The number of nitrogens with two attached hydrogens (primary N) is 1. The molecule has 15 heavy (non-hydrogen) atoms. The Morgan fingerprint density at radius 2 is 2.40 bits per heavy atom. The first-order chi connectivity index (χ1) is 6.99. The summed E-state index contributed by atoms with van der Waals surface area (Å²) in [6.45, 7) is 1.03. The largest absolute Gasteiger partial charge is 0.320 e. The first-order valence-corrected chi connectivity index (χ1v) is 4.37. The lowest BCUT2D eigenvalue weighted by atomic mass is 10.3. The maximum atomic E-state index is 12.0. The molecule has 0 aromatic carbocycles. The van der Waals surface area contributed by atoms with E-state index >= 15 is 0 Å². The third kappa shape index (κ3) is 3.62. The fourth-order valence-electron chi connectivity index (χ4n) is 0.912. The van der Waals surface area contributed by atoms with Gasteiger partial charge in [0.15, 0.2) is 5.82 Å². The summed E-state index contributed by atoms with van der Waals surface area (Å²) in [4.78, 5) is 11.1. The lowest BCUT2D eigenvalue weighted by Gasteiger charge is -2.04. The Bertz CT molecular complexity index is 337. The van der Waals surface area contributed by atoms with E-state index in [0.29, 0.717) is 0 Å². The summed E-state index contributed by atoms with van der Waals surface area (Å²) < 4.78 is 25.0. The number of rotatable bonds is 4. The van der Waals surface area contributed by atoms with E-state index in [2.05, 4.69) is 10.4 Å². The predicted octanol–water partition coefficient (Wildman–Crippen LogP) is 0.434. The van der Waals surface area contributed by atoms with Gasteiger partial charge in [0.1, 0.15) is 6.54 Å². The molecule has 0 unspecified atom stereocenters. The maximum absolute atomic E-state index is 12.0. The van der Waals surface area contributed by atoms with Gasteiger partial charge in [-0.2, -0.15) is 5.10 Å². The minimum Gasteiger partial charge on any atom is -0.320 e. The van der Waals surface area contributed by atoms with Crippen LogP contribution in [0.3, 0.4) is 0 Å². The molecule has 1 aromatic rings. The van der Waals surface area contributed by atoms with Crippen molar-refractivity contribution in [2.75, 3.05) is 5.32 Å². The Hall–Kier alpha value is -1.50. The molecule has 3 N–H and O–H groups in total. The highest BCUT2D eigenvalue weighted by molar-refractivity contribution is 5.93. The van der Waals surface area contributed by atoms with Gasteiger partial charge < -0.3 is 11.1 Å². The smallest absolute Gasteiger partial charge is 0.257 e. The van der Waals surface area contributed by atoms with Crippen LogP contribution in [0.15, 0.2) is 12.3 Å². The Balaban J connectivity index is 2.56. The quantitative estimate of drug-likeness (QED) is 0.769. The average Bonchev–Trinajstić information content (AvgIpc) is 2.51. The summed E-state index contributed by atoms with van der Waals surface area (Å²) in [6, 6.07) is 0.771. The summed E-state index contributed by atoms with van der Waals surface area (Å²) in [5.74, 6) is -0.185. The van der Waals surface area contributed by atoms with Crippen molar-refractivity contribution in [1.82, 2.24) is 9.78 Å². The number of carbonyl (C=O) groups is 1. The van der Waals surface area contributed by atoms with Crippen LogP contribution < -0.4 is 11.1 Å². The van der Waals surface area contributed by atoms with Crippen molar-refractivity contribution >= 4 is 11.7 Å². The Morgan fingerprint density at radius 1 is 1.73 bits per heavy atom. The molecule has 7 heteroatoms. The van der Waals surface area contributed by atoms with Gasteiger partial charge >= 0.3 is 0 Å². The van der Waals surface area contributed by atoms with Crippen LogP contribution in [0.25, 0.3) is 0 Å². The summed E-state index contributed by atoms with van der Waals surface area (Å²) >= 11 is 0. The molecule has 0 aliphatic heterocycles. The van der Waals surface area contributed by atoms with Crippen LogP contribution in [-0.2, 0) is 11.3 Å². The van der Waals surface area contributed by atoms with Gasteiger partial charge in [0.2, 0.25) is 5.91 Å². The number of nitrogens with one attached hydrogen (secondary N) is 1. The minimum absolute atomic E-state index is 0.220. The zero-order valence-electron chi connectivity index (χ0n) is 8.15. The number of amides is 1. The third-order valence-corrected chi connectivity index (χ3v) is 1.63. The highest BCUT2D eigenvalue weighted by atomic mass is 19.3. The van der Waals surface area contributed by atoms with Crippen molar-refractivity contribution in [2.24, 2.45) is 5.73 Å². The zero-order chi connectivity index (χ0) is 11.4. The van der Waals surface area contributed by atoms with E-state index in [1.165, 1.54) is 19.2 Å². The minimum atomic E-state index is -2.47. The fraction of sp³-hybridized carbons (Fsp3) is 0.500. The maximum Gasteiger partial charge on any atom is 0.257 e. The van der Waals surface area contributed by atoms with Crippen LogP contribution in [-0.4, -0.2) is 28.2 Å². The number of anilines is 1. The standard InChI is InChI=1S/C8H12F2N4O/c1-5(11)8(15)12-7-2-3-14(13-7)4-6(9)10/h2-3,5-6H,4,11H2,1H3,(H,12,13,15)/t5-/m0/s1. The van der Waals surface area contributed by atoms with E-state index in [-0.39, 0.29) is 5.82 Å². The van der Waals surface area contributed by atoms with Crippen LogP contribution in [0.5, 0.6) is 0 Å². The summed E-state index contributed by atoms with van der Waals surface area (Å²) in [5, 5.41) is 6.12. The first kappa shape index (κ1) is 11.6. The molecular weight excluding hydrogens is 206 g/mol. The number of halogens is 2. The summed E-state index contributed by atoms with van der Waals surface area (Å²) in [7, 11) is 0. The second-order valence-electron chi connectivity index (χ2n) is 3.09. The molecule has 1 heterocycles. The molecule has 1 amide bonds. The molecule has 1 atom stereocenters. The molecule has 0 aliphatic rings. The lowest BCUT2D eigenvalue weighted by molar-refractivity contribution is -0.117. The number of carbonyl (C=O) groups excluding carboxylic acids is 1. The van der Waals surface area contributed by atoms with Crippen molar-refractivity contribution in [3.05, 3.63) is 12.3 Å². The van der Waals surface area contributed by atoms with Crippen molar-refractivity contribution in [3.63, 3.8) is 0 Å². The molecule has 0 fully saturated rings. The van der Waals surface area contributed by atoms with E-state index in [1.807, 2.05) is 0 Å². The van der Waals surface area contributed by atoms with Gasteiger partial charge in [0.25, 0.3) is 6.43 Å². The highest BCUT2D eigenvalue weighted by Crippen LogP contribution is 2.05. The molecule has 0 radical (unpaired) electrons. The van der Waals surface area contributed by atoms with Crippen molar-refractivity contribution < 1.29 is 13.6 Å². The molecule has 0 saturated carbocycles. The Morgan fingerprint density at radius 3 is 2.93 bits per heavy atom. The Kier molecular flexibility index (Phi) is 3.73. The fourth-order valence-corrected chi connectivity index (χ4v) is 0.912. The van der Waals surface area contributed by atoms with E-state index in [4.69, 9.17) is 5.73 Å². The molecule has 84 valence electrons. The Labute approximate surface area is 85.2 Å². The lowest BCUT2D eigenvalue weighted by Crippen LogP contribution is -2.32. The number of hydrogen-bond donors (Lipinski definition) is 2. The van der Waals surface area contributed by atoms with Crippen LogP contribution in [0.1, 0.15) is 6.92 Å². The van der Waals surface area contributed by atoms with Gasteiger partial charge in [0.05, 0.1) is 6.04 Å². The van der Waals surface area contributed by atoms with Gasteiger partial charge in [-0.25, -0.2) is 8.78 Å². The predicted molar refractivity (Wildman–Crippen MR) is 50.5 cm³/mol. The third-order valence-electron chi connectivity index (χ3n) is 1.63. The van der Waals surface area contributed by atoms with E-state index < -0.39 is 24.9 Å². The zero-order valence-corrected chi connectivity index (χ0v) is 8.15. The van der Waals surface area contributed by atoms with Crippen molar-refractivity contribution in [3.8, 4) is 0 Å². The van der Waals surface area contributed by atoms with E-state index in [0.717, 1.165) is 4.68 Å². The topological polar surface area (TPSA) is 72.9 Å². The van der Waals surface area contributed by atoms with Crippen LogP contribution in [0.2, 0.25) is 0 Å². The second kappa shape index (κ2) is 4.83. The van der Waals surface area contributed by atoms with Gasteiger partial charge in [0, 0.05) is 12.3 Å². The van der Waals surface area contributed by atoms with Crippen molar-refractivity contribution in [1.29, 1.82) is 0 Å². The highest BCUT2D eigenvalue weighted by Gasteiger charge is 2.10. The van der Waals surface area contributed by atoms with Crippen LogP contribution in [0, 0.1) is 0 Å². The number of nitrogens with zero attached hydrogens (tertiary/aromatic N) is 2. The first-order valence-electron chi connectivity index (χ1n) is 4.37. The molecule has 0 bridgehead atoms. The number of alkyl halides is 2. The van der Waals surface area contributed by atoms with Crippen LogP contribution in [0.4, 0.5) is 14.6 Å². The number of hydrogen-bond acceptors (Lipinski definition) is 3. The van der Waals surface area contributed by atoms with E-state index in [9.17, 15) is 13.6 Å². The van der Waals surface area contributed by atoms with Gasteiger partial charge in [-0.05, 0) is 6.92 Å². The molecule has 0 saturated heterocycles. The molecule has 0 spiro atoms. The summed E-state index contributed by atoms with van der Waals surface area (Å²) in [5.41, 5.74) is 5.30. The molecule has 5 nitrogen and oxygen atoms in total. The molecule has 0 aliphatic carbocycles. The van der Waals surface area contributed by atoms with E-state index in [1.54, 1.807) is 0 Å². The second-order valence-corrected chi connectivity index (χ2v) is 3.09. The number of aromatic nitrogens is 2. The SMILES string of the molecule is C[C@H](N)C(=O)Nc1ccn(CC(F)F)n1. The molecular formula is C8H12F2N4O. The molecule has 1 rings (SSSR count). The average molecular weight is 218 g/mol. The monoisotopic (exact) mass is 218 g/mol. The summed E-state index contributed by atoms with van der Waals surface area (Å²) in [6.07, 6.45) is -1.11. The molecule has 1 aromatic heterocycles. The van der Waals surface area contributed by atoms with Gasteiger partial charge in [-0.1, -0.05) is 0 Å². The van der Waals surface area contributed by atoms with Gasteiger partial charge in [-0.3, -0.25) is 9.48 Å². The van der Waals surface area contributed by atoms with Gasteiger partial charge in [-0.15, -0.1) is 0 Å². The normalized spacial score (nSPS) is 12.9.